The highest BCUT2D eigenvalue weighted by Crippen LogP contribution is 2.21. The Morgan fingerprint density at radius 2 is 2.32 bits per heavy atom. The van der Waals surface area contributed by atoms with Gasteiger partial charge in [-0.1, -0.05) is 12.1 Å². The fourth-order valence-electron chi connectivity index (χ4n) is 1.60. The molecule has 2 rings (SSSR count). The molecule has 0 bridgehead atoms. The van der Waals surface area contributed by atoms with Crippen molar-refractivity contribution < 1.29 is 9.53 Å². The third-order valence-corrected chi connectivity index (χ3v) is 3.48. The first-order valence-corrected chi connectivity index (χ1v) is 6.55. The number of thiazole rings is 1. The Balaban J connectivity index is 2.10. The van der Waals surface area contributed by atoms with Gasteiger partial charge in [-0.05, 0) is 31.5 Å². The molecule has 0 saturated heterocycles. The predicted octanol–water partition coefficient (Wildman–Crippen LogP) is 3.24. The van der Waals surface area contributed by atoms with Crippen LogP contribution in [-0.2, 0) is 4.74 Å². The summed E-state index contributed by atoms with van der Waals surface area (Å²) in [6.45, 7) is 3.61. The molecule has 0 aliphatic rings. The number of hydrogen-bond donors (Lipinski definition) is 0. The molecule has 96 valence electrons. The highest BCUT2D eigenvalue weighted by Gasteiger charge is 2.16. The maximum absolute atomic E-state index is 11.9. The molecule has 0 amide bonds. The topological polar surface area (TPSA) is 63.0 Å². The first-order valence-electron chi connectivity index (χ1n) is 5.73. The Morgan fingerprint density at radius 1 is 1.53 bits per heavy atom. The number of esters is 1. The molecule has 0 unspecified atom stereocenters. The van der Waals surface area contributed by atoms with Gasteiger partial charge in [-0.3, -0.25) is 0 Å². The summed E-state index contributed by atoms with van der Waals surface area (Å²) in [7, 11) is 0. The second-order valence-electron chi connectivity index (χ2n) is 4.03. The Labute approximate surface area is 115 Å². The second kappa shape index (κ2) is 5.63. The molecule has 0 aliphatic carbocycles. The molecule has 0 N–H and O–H groups in total. The molecular weight excluding hydrogens is 260 g/mol. The van der Waals surface area contributed by atoms with Crippen molar-refractivity contribution in [2.24, 2.45) is 0 Å². The summed E-state index contributed by atoms with van der Waals surface area (Å²) in [6, 6.07) is 9.10. The van der Waals surface area contributed by atoms with Gasteiger partial charge in [0, 0.05) is 0 Å². The SMILES string of the molecule is Cc1ncc(C(=O)O[C@@H](C)c2cccc(C#N)c2)s1. The molecule has 4 nitrogen and oxygen atoms in total. The van der Waals surface area contributed by atoms with Gasteiger partial charge in [-0.15, -0.1) is 11.3 Å². The smallest absolute Gasteiger partial charge is 0.350 e. The fourth-order valence-corrected chi connectivity index (χ4v) is 2.26. The number of rotatable bonds is 3. The second-order valence-corrected chi connectivity index (χ2v) is 5.26. The molecule has 0 fully saturated rings. The van der Waals surface area contributed by atoms with Gasteiger partial charge in [0.1, 0.15) is 11.0 Å². The first-order chi connectivity index (χ1) is 9.10. The molecule has 0 spiro atoms. The molecule has 1 aromatic heterocycles. The van der Waals surface area contributed by atoms with Crippen LogP contribution in [0.4, 0.5) is 0 Å². The van der Waals surface area contributed by atoms with Crippen LogP contribution in [0.2, 0.25) is 0 Å². The predicted molar refractivity (Wildman–Crippen MR) is 71.8 cm³/mol. The van der Waals surface area contributed by atoms with Crippen LogP contribution >= 0.6 is 11.3 Å². The van der Waals surface area contributed by atoms with Gasteiger partial charge < -0.3 is 4.74 Å². The van der Waals surface area contributed by atoms with E-state index in [-0.39, 0.29) is 5.97 Å². The molecule has 1 heterocycles. The Hall–Kier alpha value is -2.19. The van der Waals surface area contributed by atoms with Gasteiger partial charge in [0.05, 0.1) is 22.8 Å². The summed E-state index contributed by atoms with van der Waals surface area (Å²) in [5, 5.41) is 9.67. The number of benzene rings is 1. The van der Waals surface area contributed by atoms with Gasteiger partial charge in [-0.25, -0.2) is 9.78 Å². The average molecular weight is 272 g/mol. The van der Waals surface area contributed by atoms with Crippen LogP contribution in [0.15, 0.2) is 30.5 Å². The quantitative estimate of drug-likeness (QED) is 0.805. The third-order valence-electron chi connectivity index (χ3n) is 2.59. The lowest BCUT2D eigenvalue weighted by Gasteiger charge is -2.12. The number of carbonyl (C=O) groups is 1. The number of nitrogens with zero attached hydrogens (tertiary/aromatic N) is 2. The maximum Gasteiger partial charge on any atom is 0.350 e. The van der Waals surface area contributed by atoms with E-state index in [1.54, 1.807) is 25.1 Å². The van der Waals surface area contributed by atoms with E-state index in [9.17, 15) is 4.79 Å². The van der Waals surface area contributed by atoms with Gasteiger partial charge in [0.2, 0.25) is 0 Å². The summed E-state index contributed by atoms with van der Waals surface area (Å²) in [5.74, 6) is -0.388. The summed E-state index contributed by atoms with van der Waals surface area (Å²) >= 11 is 1.30. The van der Waals surface area contributed by atoms with Crippen molar-refractivity contribution in [3.05, 3.63) is 51.5 Å². The molecule has 19 heavy (non-hydrogen) atoms. The largest absolute Gasteiger partial charge is 0.454 e. The molecule has 1 atom stereocenters. The van der Waals surface area contributed by atoms with Crippen molar-refractivity contribution in [2.45, 2.75) is 20.0 Å². The van der Waals surface area contributed by atoms with Crippen LogP contribution in [0.1, 0.15) is 38.8 Å². The van der Waals surface area contributed by atoms with E-state index in [4.69, 9.17) is 10.00 Å². The van der Waals surface area contributed by atoms with Crippen molar-refractivity contribution >= 4 is 17.3 Å². The van der Waals surface area contributed by atoms with E-state index in [1.807, 2.05) is 13.0 Å². The van der Waals surface area contributed by atoms with E-state index in [0.717, 1.165) is 10.6 Å². The lowest BCUT2D eigenvalue weighted by Crippen LogP contribution is -2.08. The molecule has 0 saturated carbocycles. The van der Waals surface area contributed by atoms with E-state index in [2.05, 4.69) is 11.1 Å². The van der Waals surface area contributed by atoms with Crippen molar-refractivity contribution in [1.29, 1.82) is 5.26 Å². The highest BCUT2D eigenvalue weighted by atomic mass is 32.1. The Kier molecular flexibility index (Phi) is 3.93. The van der Waals surface area contributed by atoms with E-state index >= 15 is 0 Å². The van der Waals surface area contributed by atoms with E-state index in [0.29, 0.717) is 10.4 Å². The number of aryl methyl sites for hydroxylation is 1. The third kappa shape index (κ3) is 3.18. The minimum absolute atomic E-state index is 0.388. The molecule has 1 aromatic carbocycles. The van der Waals surface area contributed by atoms with E-state index in [1.165, 1.54) is 17.5 Å². The molecule has 0 aliphatic heterocycles. The van der Waals surface area contributed by atoms with Crippen LogP contribution in [0.5, 0.6) is 0 Å². The van der Waals surface area contributed by atoms with Gasteiger partial charge in [0.25, 0.3) is 0 Å². The zero-order valence-corrected chi connectivity index (χ0v) is 11.4. The number of aromatic nitrogens is 1. The van der Waals surface area contributed by atoms with Gasteiger partial charge in [-0.2, -0.15) is 5.26 Å². The maximum atomic E-state index is 11.9. The summed E-state index contributed by atoms with van der Waals surface area (Å²) in [6.07, 6.45) is 1.11. The number of carbonyl (C=O) groups excluding carboxylic acids is 1. The van der Waals surface area contributed by atoms with Crippen LogP contribution in [0, 0.1) is 18.3 Å². The van der Waals surface area contributed by atoms with Crippen molar-refractivity contribution in [1.82, 2.24) is 4.98 Å². The molecule has 0 radical (unpaired) electrons. The highest BCUT2D eigenvalue weighted by molar-refractivity contribution is 7.13. The molecular formula is C14H12N2O2S. The minimum Gasteiger partial charge on any atom is -0.454 e. The minimum atomic E-state index is -0.400. The van der Waals surface area contributed by atoms with Crippen LogP contribution in [0.3, 0.4) is 0 Å². The summed E-state index contributed by atoms with van der Waals surface area (Å²) in [4.78, 5) is 16.4. The zero-order chi connectivity index (χ0) is 13.8. The molecule has 2 aromatic rings. The van der Waals surface area contributed by atoms with Crippen molar-refractivity contribution in [3.63, 3.8) is 0 Å². The van der Waals surface area contributed by atoms with Crippen LogP contribution < -0.4 is 0 Å². The summed E-state index contributed by atoms with van der Waals surface area (Å²) < 4.78 is 5.36. The van der Waals surface area contributed by atoms with Crippen LogP contribution in [0.25, 0.3) is 0 Å². The molecule has 5 heteroatoms. The lowest BCUT2D eigenvalue weighted by atomic mass is 10.1. The average Bonchev–Trinajstić information content (AvgIpc) is 2.85. The van der Waals surface area contributed by atoms with Crippen molar-refractivity contribution in [3.8, 4) is 6.07 Å². The fraction of sp³-hybridized carbons (Fsp3) is 0.214. The number of ether oxygens (including phenoxy) is 1. The number of nitriles is 1. The van der Waals surface area contributed by atoms with Crippen molar-refractivity contribution in [2.75, 3.05) is 0 Å². The first kappa shape index (κ1) is 13.2. The summed E-state index contributed by atoms with van der Waals surface area (Å²) in [5.41, 5.74) is 1.35. The number of hydrogen-bond acceptors (Lipinski definition) is 5. The Morgan fingerprint density at radius 3 is 2.95 bits per heavy atom. The van der Waals surface area contributed by atoms with Crippen LogP contribution in [-0.4, -0.2) is 11.0 Å². The van der Waals surface area contributed by atoms with Gasteiger partial charge >= 0.3 is 5.97 Å². The monoisotopic (exact) mass is 272 g/mol. The Bertz CT molecular complexity index is 643. The van der Waals surface area contributed by atoms with E-state index < -0.39 is 6.10 Å². The standard InChI is InChI=1S/C14H12N2O2S/c1-9(12-5-3-4-11(6-12)7-15)18-14(17)13-8-16-10(2)19-13/h3-6,8-9H,1-2H3/t9-/m0/s1. The van der Waals surface area contributed by atoms with Gasteiger partial charge in [0.15, 0.2) is 0 Å². The normalized spacial score (nSPS) is 11.6. The lowest BCUT2D eigenvalue weighted by molar-refractivity contribution is 0.0343. The zero-order valence-electron chi connectivity index (χ0n) is 10.6.